The molecule has 0 spiro atoms. The fourth-order valence-corrected chi connectivity index (χ4v) is 0. The Bertz CT molecular complexity index is 46.8. The van der Waals surface area contributed by atoms with E-state index in [4.69, 9.17) is 0 Å². The van der Waals surface area contributed by atoms with Crippen LogP contribution in [0.2, 0.25) is 0 Å². The quantitative estimate of drug-likeness (QED) is 0.451. The minimum absolute atomic E-state index is 0. The van der Waals surface area contributed by atoms with Crippen molar-refractivity contribution in [1.82, 2.24) is 0 Å². The molecule has 1 radical (unpaired) electrons. The molecule has 0 aliphatic carbocycles. The van der Waals surface area contributed by atoms with Crippen LogP contribution in [-0.2, 0) is 26.4 Å². The van der Waals surface area contributed by atoms with E-state index in [1.54, 1.807) is 0 Å². The first-order valence-corrected chi connectivity index (χ1v) is 1.14. The van der Waals surface area contributed by atoms with Crippen LogP contribution in [0, 0.1) is 0 Å². The van der Waals surface area contributed by atoms with Crippen LogP contribution in [0.1, 0.15) is 6.92 Å². The number of hydrogen-bond acceptors (Lipinski definition) is 3. The predicted molar refractivity (Wildman–Crippen MR) is 16.0 cm³/mol. The predicted octanol–water partition coefficient (Wildman–Crippen LogP) is -0.579. The van der Waals surface area contributed by atoms with E-state index in [0.717, 1.165) is 0 Å². The molecule has 0 fully saturated rings. The van der Waals surface area contributed by atoms with Crippen molar-refractivity contribution in [3.63, 3.8) is 0 Å². The van der Waals surface area contributed by atoms with Gasteiger partial charge in [-0.2, -0.15) is 5.90 Å². The number of nitrogens with two attached hydrogens (primary N) is 1. The summed E-state index contributed by atoms with van der Waals surface area (Å²) in [5, 5.41) is 0. The van der Waals surface area contributed by atoms with Gasteiger partial charge >= 0.3 is 5.97 Å². The van der Waals surface area contributed by atoms with Crippen LogP contribution in [-0.4, -0.2) is 5.97 Å². The zero-order valence-electron chi connectivity index (χ0n) is 3.23. The second-order valence-electron chi connectivity index (χ2n) is 0.609. The van der Waals surface area contributed by atoms with Crippen LogP contribution >= 0.6 is 0 Å². The Labute approximate surface area is 46.0 Å². The summed E-state index contributed by atoms with van der Waals surface area (Å²) in [6, 6.07) is 0. The molecule has 0 atom stereocenters. The van der Waals surface area contributed by atoms with Gasteiger partial charge in [0.05, 0.1) is 0 Å². The standard InChI is InChI=1S/C2H5NO2.Co/c1-2(4)5-3;/h3H2,1H3;. The Morgan fingerprint density at radius 3 is 2.00 bits per heavy atom. The summed E-state index contributed by atoms with van der Waals surface area (Å²) in [6.45, 7) is 1.24. The molecule has 3 nitrogen and oxygen atoms in total. The van der Waals surface area contributed by atoms with Gasteiger partial charge in [0.2, 0.25) is 0 Å². The van der Waals surface area contributed by atoms with Gasteiger partial charge < -0.3 is 4.84 Å². The van der Waals surface area contributed by atoms with E-state index in [-0.39, 0.29) is 16.8 Å². The monoisotopic (exact) mass is 134 g/mol. The Morgan fingerprint density at radius 1 is 1.83 bits per heavy atom. The van der Waals surface area contributed by atoms with Gasteiger partial charge in [-0.3, -0.25) is 4.79 Å². The Kier molecular flexibility index (Phi) is 7.68. The topological polar surface area (TPSA) is 52.3 Å². The molecule has 0 aliphatic rings. The van der Waals surface area contributed by atoms with Crippen molar-refractivity contribution in [2.24, 2.45) is 5.90 Å². The molecule has 0 saturated carbocycles. The van der Waals surface area contributed by atoms with E-state index in [9.17, 15) is 4.79 Å². The third-order valence-electron chi connectivity index (χ3n) is 0.166. The van der Waals surface area contributed by atoms with Crippen LogP contribution in [0.25, 0.3) is 0 Å². The van der Waals surface area contributed by atoms with Crippen LogP contribution in [0.5, 0.6) is 0 Å². The van der Waals surface area contributed by atoms with E-state index in [1.165, 1.54) is 6.92 Å². The van der Waals surface area contributed by atoms with Gasteiger partial charge in [-0.05, 0) is 0 Å². The van der Waals surface area contributed by atoms with Gasteiger partial charge in [-0.15, -0.1) is 0 Å². The number of rotatable bonds is 0. The van der Waals surface area contributed by atoms with Gasteiger partial charge in [0.1, 0.15) is 0 Å². The molecule has 0 unspecified atom stereocenters. The molecule has 0 saturated heterocycles. The van der Waals surface area contributed by atoms with Crippen LogP contribution in [0.3, 0.4) is 0 Å². The summed E-state index contributed by atoms with van der Waals surface area (Å²) in [7, 11) is 0. The van der Waals surface area contributed by atoms with E-state index < -0.39 is 5.97 Å². The normalized spacial score (nSPS) is 5.67. The minimum atomic E-state index is -0.468. The maximum Gasteiger partial charge on any atom is 0.321 e. The molecule has 0 aromatic rings. The second-order valence-corrected chi connectivity index (χ2v) is 0.609. The molecular formula is C2H5CoNO2. The van der Waals surface area contributed by atoms with E-state index in [2.05, 4.69) is 10.7 Å². The van der Waals surface area contributed by atoms with Crippen LogP contribution in [0.15, 0.2) is 0 Å². The van der Waals surface area contributed by atoms with Crippen molar-refractivity contribution in [3.05, 3.63) is 0 Å². The molecule has 0 heterocycles. The van der Waals surface area contributed by atoms with Gasteiger partial charge in [-0.1, -0.05) is 0 Å². The van der Waals surface area contributed by atoms with Crippen molar-refractivity contribution in [2.45, 2.75) is 6.92 Å². The van der Waals surface area contributed by atoms with Crippen molar-refractivity contribution in [2.75, 3.05) is 0 Å². The molecule has 2 N–H and O–H groups in total. The zero-order valence-corrected chi connectivity index (χ0v) is 4.27. The average molecular weight is 134 g/mol. The second kappa shape index (κ2) is 4.94. The summed E-state index contributed by atoms with van der Waals surface area (Å²) in [4.78, 5) is 13.1. The van der Waals surface area contributed by atoms with Gasteiger partial charge in [0, 0.05) is 23.7 Å². The first kappa shape index (κ1) is 9.34. The van der Waals surface area contributed by atoms with Crippen LogP contribution in [0.4, 0.5) is 0 Å². The van der Waals surface area contributed by atoms with Gasteiger partial charge in [0.15, 0.2) is 0 Å². The van der Waals surface area contributed by atoms with Gasteiger partial charge in [-0.25, -0.2) is 0 Å². The average Bonchev–Trinajstić information content (AvgIpc) is 1.38. The number of hydrogen-bond donors (Lipinski definition) is 1. The molecule has 39 valence electrons. The Balaban J connectivity index is 0. The fourth-order valence-electron chi connectivity index (χ4n) is 0. The summed E-state index contributed by atoms with van der Waals surface area (Å²) in [6.07, 6.45) is 0. The Hall–Kier alpha value is -0.0635. The maximum absolute atomic E-state index is 9.47. The molecule has 0 aliphatic heterocycles. The van der Waals surface area contributed by atoms with Crippen molar-refractivity contribution >= 4 is 5.97 Å². The summed E-state index contributed by atoms with van der Waals surface area (Å²) < 4.78 is 0. The van der Waals surface area contributed by atoms with Crippen molar-refractivity contribution in [1.29, 1.82) is 0 Å². The third-order valence-corrected chi connectivity index (χ3v) is 0.166. The summed E-state index contributed by atoms with van der Waals surface area (Å²) >= 11 is 0. The number of carbonyl (C=O) groups excluding carboxylic acids is 1. The summed E-state index contributed by atoms with van der Waals surface area (Å²) in [5.41, 5.74) is 0. The molecular weight excluding hydrogens is 129 g/mol. The first-order valence-electron chi connectivity index (χ1n) is 1.14. The molecule has 0 amide bonds. The van der Waals surface area contributed by atoms with Crippen molar-refractivity contribution < 1.29 is 26.4 Å². The molecule has 0 aromatic carbocycles. The largest absolute Gasteiger partial charge is 0.374 e. The molecule has 0 aromatic heterocycles. The molecule has 0 rings (SSSR count). The first-order chi connectivity index (χ1) is 2.27. The molecule has 6 heavy (non-hydrogen) atoms. The smallest absolute Gasteiger partial charge is 0.321 e. The Morgan fingerprint density at radius 2 is 2.00 bits per heavy atom. The van der Waals surface area contributed by atoms with Crippen LogP contribution < -0.4 is 5.90 Å². The molecule has 0 bridgehead atoms. The van der Waals surface area contributed by atoms with E-state index >= 15 is 0 Å². The summed E-state index contributed by atoms with van der Waals surface area (Å²) in [5.74, 6) is 3.85. The van der Waals surface area contributed by atoms with E-state index in [1.807, 2.05) is 0 Å². The van der Waals surface area contributed by atoms with Gasteiger partial charge in [0.25, 0.3) is 0 Å². The molecule has 4 heteroatoms. The fraction of sp³-hybridized carbons (Fsp3) is 0.500. The third kappa shape index (κ3) is 9.05. The zero-order chi connectivity index (χ0) is 4.28. The maximum atomic E-state index is 9.47. The number of carbonyl (C=O) groups is 1. The minimum Gasteiger partial charge on any atom is -0.374 e. The van der Waals surface area contributed by atoms with E-state index in [0.29, 0.717) is 0 Å². The van der Waals surface area contributed by atoms with Crippen molar-refractivity contribution in [3.8, 4) is 0 Å². The SMILES string of the molecule is CC(=O)ON.[Co].